The number of rotatable bonds is 7. The lowest BCUT2D eigenvalue weighted by Crippen LogP contribution is -2.44. The zero-order valence-corrected chi connectivity index (χ0v) is 15.1. The second kappa shape index (κ2) is 10.2. The zero-order chi connectivity index (χ0) is 17.2. The zero-order valence-electron chi connectivity index (χ0n) is 15.1. The molecule has 0 aromatic heterocycles. The van der Waals surface area contributed by atoms with Gasteiger partial charge in [-0.1, -0.05) is 6.07 Å². The van der Waals surface area contributed by atoms with Crippen molar-refractivity contribution in [3.05, 3.63) is 29.3 Å². The molecule has 1 fully saturated rings. The second-order valence-electron chi connectivity index (χ2n) is 5.93. The molecule has 2 N–H and O–H groups in total. The summed E-state index contributed by atoms with van der Waals surface area (Å²) in [6.07, 6.45) is 0. The van der Waals surface area contributed by atoms with Gasteiger partial charge in [0.15, 0.2) is 5.96 Å². The SMILES string of the molecule is CCNC(=NCc1cc(C)cc(OC)c1)NCCN1CCOCC1. The minimum Gasteiger partial charge on any atom is -0.497 e. The van der Waals surface area contributed by atoms with Gasteiger partial charge in [-0.05, 0) is 37.1 Å². The summed E-state index contributed by atoms with van der Waals surface area (Å²) in [7, 11) is 1.69. The van der Waals surface area contributed by atoms with Crippen molar-refractivity contribution in [2.45, 2.75) is 20.4 Å². The first-order valence-corrected chi connectivity index (χ1v) is 8.68. The first kappa shape index (κ1) is 18.5. The third-order valence-electron chi connectivity index (χ3n) is 3.93. The summed E-state index contributed by atoms with van der Waals surface area (Å²) in [4.78, 5) is 7.09. The normalized spacial score (nSPS) is 16.0. The molecule has 1 aromatic rings. The number of aryl methyl sites for hydroxylation is 1. The molecule has 0 saturated carbocycles. The summed E-state index contributed by atoms with van der Waals surface area (Å²) in [6, 6.07) is 6.20. The maximum atomic E-state index is 5.37. The van der Waals surface area contributed by atoms with E-state index in [1.54, 1.807) is 7.11 Å². The van der Waals surface area contributed by atoms with E-state index in [0.717, 1.165) is 63.2 Å². The Labute approximate surface area is 145 Å². The number of hydrogen-bond acceptors (Lipinski definition) is 4. The summed E-state index contributed by atoms with van der Waals surface area (Å²) in [5.74, 6) is 1.73. The fraction of sp³-hybridized carbons (Fsp3) is 0.611. The van der Waals surface area contributed by atoms with Crippen molar-refractivity contribution >= 4 is 5.96 Å². The van der Waals surface area contributed by atoms with E-state index in [9.17, 15) is 0 Å². The van der Waals surface area contributed by atoms with Crippen LogP contribution in [0.15, 0.2) is 23.2 Å². The highest BCUT2D eigenvalue weighted by molar-refractivity contribution is 5.79. The van der Waals surface area contributed by atoms with E-state index < -0.39 is 0 Å². The van der Waals surface area contributed by atoms with Crippen LogP contribution in [-0.2, 0) is 11.3 Å². The fourth-order valence-electron chi connectivity index (χ4n) is 2.70. The van der Waals surface area contributed by atoms with Gasteiger partial charge in [0.2, 0.25) is 0 Å². The lowest BCUT2D eigenvalue weighted by Gasteiger charge is -2.26. The lowest BCUT2D eigenvalue weighted by molar-refractivity contribution is 0.0389. The second-order valence-corrected chi connectivity index (χ2v) is 5.93. The molecule has 0 amide bonds. The average Bonchev–Trinajstić information content (AvgIpc) is 2.60. The van der Waals surface area contributed by atoms with E-state index in [4.69, 9.17) is 9.47 Å². The predicted octanol–water partition coefficient (Wildman–Crippen LogP) is 1.39. The molecule has 1 saturated heterocycles. The van der Waals surface area contributed by atoms with E-state index in [0.29, 0.717) is 6.54 Å². The maximum absolute atomic E-state index is 5.37. The van der Waals surface area contributed by atoms with Crippen LogP contribution in [0.5, 0.6) is 5.75 Å². The molecule has 0 spiro atoms. The van der Waals surface area contributed by atoms with Crippen LogP contribution in [0.1, 0.15) is 18.1 Å². The highest BCUT2D eigenvalue weighted by atomic mass is 16.5. The molecular formula is C18H30N4O2. The van der Waals surface area contributed by atoms with Crippen molar-refractivity contribution in [2.75, 3.05) is 53.0 Å². The molecule has 1 heterocycles. The molecular weight excluding hydrogens is 304 g/mol. The van der Waals surface area contributed by atoms with Crippen molar-refractivity contribution in [3.8, 4) is 5.75 Å². The largest absolute Gasteiger partial charge is 0.497 e. The smallest absolute Gasteiger partial charge is 0.191 e. The number of nitrogens with zero attached hydrogens (tertiary/aromatic N) is 2. The summed E-state index contributed by atoms with van der Waals surface area (Å²) >= 11 is 0. The van der Waals surface area contributed by atoms with Crippen LogP contribution in [-0.4, -0.2) is 63.9 Å². The molecule has 6 heteroatoms. The third kappa shape index (κ3) is 6.37. The predicted molar refractivity (Wildman–Crippen MR) is 97.8 cm³/mol. The van der Waals surface area contributed by atoms with Crippen molar-refractivity contribution in [2.24, 2.45) is 4.99 Å². The van der Waals surface area contributed by atoms with Gasteiger partial charge in [0, 0.05) is 32.7 Å². The summed E-state index contributed by atoms with van der Waals surface area (Å²) in [5, 5.41) is 6.70. The highest BCUT2D eigenvalue weighted by Gasteiger charge is 2.09. The van der Waals surface area contributed by atoms with Gasteiger partial charge < -0.3 is 20.1 Å². The van der Waals surface area contributed by atoms with Crippen molar-refractivity contribution in [1.29, 1.82) is 0 Å². The number of nitrogens with one attached hydrogen (secondary N) is 2. The third-order valence-corrected chi connectivity index (χ3v) is 3.93. The Morgan fingerprint density at radius 2 is 2.04 bits per heavy atom. The van der Waals surface area contributed by atoms with Crippen LogP contribution in [0.4, 0.5) is 0 Å². The Hall–Kier alpha value is -1.79. The van der Waals surface area contributed by atoms with E-state index in [2.05, 4.69) is 40.4 Å². The van der Waals surface area contributed by atoms with Gasteiger partial charge >= 0.3 is 0 Å². The van der Waals surface area contributed by atoms with Crippen molar-refractivity contribution < 1.29 is 9.47 Å². The first-order valence-electron chi connectivity index (χ1n) is 8.68. The summed E-state index contributed by atoms with van der Waals surface area (Å²) < 4.78 is 10.7. The Morgan fingerprint density at radius 1 is 1.25 bits per heavy atom. The number of benzene rings is 1. The van der Waals surface area contributed by atoms with Crippen LogP contribution < -0.4 is 15.4 Å². The standard InChI is InChI=1S/C18H30N4O2/c1-4-19-18(20-5-6-22-7-9-24-10-8-22)21-14-16-11-15(2)12-17(13-16)23-3/h11-13H,4-10,14H2,1-3H3,(H2,19,20,21). The number of methoxy groups -OCH3 is 1. The average molecular weight is 334 g/mol. The molecule has 24 heavy (non-hydrogen) atoms. The number of hydrogen-bond donors (Lipinski definition) is 2. The number of guanidine groups is 1. The number of aliphatic imine (C=N–C) groups is 1. The van der Waals surface area contributed by atoms with Crippen molar-refractivity contribution in [1.82, 2.24) is 15.5 Å². The Balaban J connectivity index is 1.86. The van der Waals surface area contributed by atoms with Gasteiger partial charge in [0.1, 0.15) is 5.75 Å². The topological polar surface area (TPSA) is 58.1 Å². The van der Waals surface area contributed by atoms with Crippen LogP contribution in [0.3, 0.4) is 0 Å². The molecule has 0 atom stereocenters. The van der Waals surface area contributed by atoms with E-state index in [1.165, 1.54) is 5.56 Å². The minimum absolute atomic E-state index is 0.630. The summed E-state index contributed by atoms with van der Waals surface area (Å²) in [6.45, 7) is 11.2. The van der Waals surface area contributed by atoms with Crippen LogP contribution >= 0.6 is 0 Å². The van der Waals surface area contributed by atoms with Crippen LogP contribution in [0.25, 0.3) is 0 Å². The van der Waals surface area contributed by atoms with Gasteiger partial charge in [-0.15, -0.1) is 0 Å². The molecule has 6 nitrogen and oxygen atoms in total. The van der Waals surface area contributed by atoms with Gasteiger partial charge in [0.05, 0.1) is 26.9 Å². The van der Waals surface area contributed by atoms with Crippen LogP contribution in [0, 0.1) is 6.92 Å². The molecule has 1 aromatic carbocycles. The van der Waals surface area contributed by atoms with Gasteiger partial charge in [-0.25, -0.2) is 4.99 Å². The number of ether oxygens (including phenoxy) is 2. The van der Waals surface area contributed by atoms with E-state index in [-0.39, 0.29) is 0 Å². The molecule has 1 aliphatic heterocycles. The molecule has 0 aliphatic carbocycles. The monoisotopic (exact) mass is 334 g/mol. The highest BCUT2D eigenvalue weighted by Crippen LogP contribution is 2.16. The Morgan fingerprint density at radius 3 is 2.75 bits per heavy atom. The molecule has 134 valence electrons. The summed E-state index contributed by atoms with van der Waals surface area (Å²) in [5.41, 5.74) is 2.34. The molecule has 0 bridgehead atoms. The van der Waals surface area contributed by atoms with Crippen molar-refractivity contribution in [3.63, 3.8) is 0 Å². The van der Waals surface area contributed by atoms with Crippen LogP contribution in [0.2, 0.25) is 0 Å². The fourth-order valence-corrected chi connectivity index (χ4v) is 2.70. The Bertz CT molecular complexity index is 528. The molecule has 2 rings (SSSR count). The first-order chi connectivity index (χ1) is 11.7. The molecule has 1 aliphatic rings. The Kier molecular flexibility index (Phi) is 7.85. The maximum Gasteiger partial charge on any atom is 0.191 e. The van der Waals surface area contributed by atoms with Gasteiger partial charge in [-0.2, -0.15) is 0 Å². The molecule has 0 unspecified atom stereocenters. The van der Waals surface area contributed by atoms with Gasteiger partial charge in [-0.3, -0.25) is 4.90 Å². The lowest BCUT2D eigenvalue weighted by atomic mass is 10.1. The minimum atomic E-state index is 0.630. The quantitative estimate of drug-likeness (QED) is 0.583. The van der Waals surface area contributed by atoms with E-state index in [1.807, 2.05) is 12.1 Å². The van der Waals surface area contributed by atoms with Gasteiger partial charge in [0.25, 0.3) is 0 Å². The molecule has 0 radical (unpaired) electrons. The number of morpholine rings is 1. The van der Waals surface area contributed by atoms with E-state index >= 15 is 0 Å².